The first-order chi connectivity index (χ1) is 10.8. The van der Waals surface area contributed by atoms with E-state index in [0.29, 0.717) is 6.54 Å². The number of hydrogen-bond donors (Lipinski definition) is 2. The summed E-state index contributed by atoms with van der Waals surface area (Å²) in [4.78, 5) is 4.63. The van der Waals surface area contributed by atoms with Crippen LogP contribution in [0.5, 0.6) is 0 Å². The van der Waals surface area contributed by atoms with Gasteiger partial charge in [0.2, 0.25) is 0 Å². The molecule has 1 heterocycles. The second-order valence-corrected chi connectivity index (χ2v) is 5.23. The summed E-state index contributed by atoms with van der Waals surface area (Å²) < 4.78 is 1.94. The van der Waals surface area contributed by atoms with Gasteiger partial charge in [0.15, 0.2) is 5.96 Å². The molecule has 5 nitrogen and oxygen atoms in total. The molecule has 2 N–H and O–H groups in total. The van der Waals surface area contributed by atoms with Gasteiger partial charge in [-0.1, -0.05) is 29.8 Å². The van der Waals surface area contributed by atoms with Crippen molar-refractivity contribution >= 4 is 29.9 Å². The summed E-state index contributed by atoms with van der Waals surface area (Å²) in [6, 6.07) is 10.4. The van der Waals surface area contributed by atoms with E-state index in [0.717, 1.165) is 32.0 Å². The van der Waals surface area contributed by atoms with E-state index >= 15 is 0 Å². The van der Waals surface area contributed by atoms with Crippen LogP contribution in [0.2, 0.25) is 0 Å². The second-order valence-electron chi connectivity index (χ2n) is 5.23. The maximum Gasteiger partial charge on any atom is 0.191 e. The minimum atomic E-state index is 0. The molecule has 0 bridgehead atoms. The van der Waals surface area contributed by atoms with Crippen molar-refractivity contribution in [2.45, 2.75) is 33.4 Å². The topological polar surface area (TPSA) is 54.2 Å². The van der Waals surface area contributed by atoms with Gasteiger partial charge >= 0.3 is 0 Å². The van der Waals surface area contributed by atoms with Gasteiger partial charge in [-0.25, -0.2) is 4.99 Å². The molecule has 2 rings (SSSR count). The minimum Gasteiger partial charge on any atom is -0.357 e. The summed E-state index contributed by atoms with van der Waals surface area (Å²) in [5.41, 5.74) is 2.50. The molecule has 0 radical (unpaired) electrons. The fourth-order valence-electron chi connectivity index (χ4n) is 2.20. The molecular weight excluding hydrogens is 401 g/mol. The van der Waals surface area contributed by atoms with E-state index in [4.69, 9.17) is 0 Å². The lowest BCUT2D eigenvalue weighted by Crippen LogP contribution is -2.38. The SMILES string of the molecule is CCNC(=NCc1cccc(C)c1)NCCCn1cccn1.I. The van der Waals surface area contributed by atoms with E-state index in [-0.39, 0.29) is 24.0 Å². The second kappa shape index (κ2) is 11.0. The Morgan fingerprint density at radius 2 is 2.13 bits per heavy atom. The standard InChI is InChI=1S/C17H25N5.HI/c1-3-18-17(19-9-5-11-22-12-6-10-21-22)20-14-16-8-4-7-15(2)13-16;/h4,6-8,10,12-13H,3,5,9,11,14H2,1-2H3,(H2,18,19,20);1H. The van der Waals surface area contributed by atoms with Crippen molar-refractivity contribution in [2.75, 3.05) is 13.1 Å². The molecule has 0 aliphatic rings. The van der Waals surface area contributed by atoms with Gasteiger partial charge in [0, 0.05) is 32.0 Å². The van der Waals surface area contributed by atoms with Gasteiger partial charge in [0.1, 0.15) is 0 Å². The summed E-state index contributed by atoms with van der Waals surface area (Å²) in [5.74, 6) is 0.865. The van der Waals surface area contributed by atoms with Crippen molar-refractivity contribution < 1.29 is 0 Å². The van der Waals surface area contributed by atoms with E-state index in [9.17, 15) is 0 Å². The van der Waals surface area contributed by atoms with Gasteiger partial charge in [-0.05, 0) is 31.9 Å². The zero-order chi connectivity index (χ0) is 15.6. The highest BCUT2D eigenvalue weighted by atomic mass is 127. The number of halogens is 1. The zero-order valence-electron chi connectivity index (χ0n) is 13.8. The van der Waals surface area contributed by atoms with Gasteiger partial charge in [0.05, 0.1) is 6.54 Å². The van der Waals surface area contributed by atoms with Crippen LogP contribution in [0.3, 0.4) is 0 Å². The molecule has 126 valence electrons. The van der Waals surface area contributed by atoms with E-state index < -0.39 is 0 Å². The summed E-state index contributed by atoms with van der Waals surface area (Å²) in [5, 5.41) is 10.8. The largest absolute Gasteiger partial charge is 0.357 e. The molecular formula is C17H26IN5. The van der Waals surface area contributed by atoms with Crippen LogP contribution >= 0.6 is 24.0 Å². The lowest BCUT2D eigenvalue weighted by molar-refractivity contribution is 0.570. The van der Waals surface area contributed by atoms with E-state index in [1.54, 1.807) is 6.20 Å². The Kier molecular flexibility index (Phi) is 9.35. The summed E-state index contributed by atoms with van der Waals surface area (Å²) in [7, 11) is 0. The van der Waals surface area contributed by atoms with Gasteiger partial charge in [0.25, 0.3) is 0 Å². The van der Waals surface area contributed by atoms with Crippen LogP contribution < -0.4 is 10.6 Å². The Morgan fingerprint density at radius 1 is 1.26 bits per heavy atom. The molecule has 0 unspecified atom stereocenters. The zero-order valence-corrected chi connectivity index (χ0v) is 16.2. The number of aliphatic imine (C=N–C) groups is 1. The Balaban J connectivity index is 0.00000264. The molecule has 0 fully saturated rings. The number of nitrogens with zero attached hydrogens (tertiary/aromatic N) is 3. The molecule has 0 saturated carbocycles. The van der Waals surface area contributed by atoms with E-state index in [1.165, 1.54) is 11.1 Å². The normalized spacial score (nSPS) is 11.0. The fraction of sp³-hybridized carbons (Fsp3) is 0.412. The molecule has 0 atom stereocenters. The Bertz CT molecular complexity index is 580. The van der Waals surface area contributed by atoms with Gasteiger partial charge in [-0.2, -0.15) is 5.10 Å². The Labute approximate surface area is 155 Å². The van der Waals surface area contributed by atoms with Crippen LogP contribution in [0, 0.1) is 6.92 Å². The number of rotatable bonds is 7. The van der Waals surface area contributed by atoms with Crippen LogP contribution in [0.1, 0.15) is 24.5 Å². The maximum absolute atomic E-state index is 4.63. The summed E-state index contributed by atoms with van der Waals surface area (Å²) in [6.45, 7) is 7.52. The molecule has 0 amide bonds. The van der Waals surface area contributed by atoms with Crippen LogP contribution in [-0.4, -0.2) is 28.8 Å². The minimum absolute atomic E-state index is 0. The molecule has 2 aromatic rings. The Hall–Kier alpha value is -1.57. The first kappa shape index (κ1) is 19.5. The number of aryl methyl sites for hydroxylation is 2. The smallest absolute Gasteiger partial charge is 0.191 e. The third-order valence-electron chi connectivity index (χ3n) is 3.26. The van der Waals surface area contributed by atoms with Crippen molar-refractivity contribution in [3.63, 3.8) is 0 Å². The first-order valence-corrected chi connectivity index (χ1v) is 7.83. The Morgan fingerprint density at radius 3 is 2.83 bits per heavy atom. The predicted molar refractivity (Wildman–Crippen MR) is 106 cm³/mol. The number of hydrogen-bond acceptors (Lipinski definition) is 2. The predicted octanol–water partition coefficient (Wildman–Crippen LogP) is 2.95. The van der Waals surface area contributed by atoms with Crippen molar-refractivity contribution in [1.29, 1.82) is 0 Å². The molecule has 1 aromatic carbocycles. The van der Waals surface area contributed by atoms with Crippen molar-refractivity contribution in [3.8, 4) is 0 Å². The number of benzene rings is 1. The fourth-order valence-corrected chi connectivity index (χ4v) is 2.20. The van der Waals surface area contributed by atoms with Crippen LogP contribution in [0.15, 0.2) is 47.7 Å². The number of nitrogens with one attached hydrogen (secondary N) is 2. The average molecular weight is 427 g/mol. The molecule has 0 saturated heterocycles. The van der Waals surface area contributed by atoms with Gasteiger partial charge in [-0.15, -0.1) is 24.0 Å². The third kappa shape index (κ3) is 7.49. The molecule has 23 heavy (non-hydrogen) atoms. The lowest BCUT2D eigenvalue weighted by Gasteiger charge is -2.11. The molecule has 1 aromatic heterocycles. The number of guanidine groups is 1. The molecule has 0 aliphatic heterocycles. The van der Waals surface area contributed by atoms with Crippen LogP contribution in [-0.2, 0) is 13.1 Å². The van der Waals surface area contributed by atoms with Crippen LogP contribution in [0.4, 0.5) is 0 Å². The molecule has 0 aliphatic carbocycles. The highest BCUT2D eigenvalue weighted by Crippen LogP contribution is 2.04. The molecule has 0 spiro atoms. The van der Waals surface area contributed by atoms with Crippen molar-refractivity contribution in [3.05, 3.63) is 53.9 Å². The number of aromatic nitrogens is 2. The summed E-state index contributed by atoms with van der Waals surface area (Å²) in [6.07, 6.45) is 4.80. The van der Waals surface area contributed by atoms with Crippen molar-refractivity contribution in [2.24, 2.45) is 4.99 Å². The van der Waals surface area contributed by atoms with Gasteiger partial charge < -0.3 is 10.6 Å². The van der Waals surface area contributed by atoms with Gasteiger partial charge in [-0.3, -0.25) is 4.68 Å². The van der Waals surface area contributed by atoms with Crippen molar-refractivity contribution in [1.82, 2.24) is 20.4 Å². The molecule has 6 heteroatoms. The lowest BCUT2D eigenvalue weighted by atomic mass is 10.1. The van der Waals surface area contributed by atoms with E-state index in [1.807, 2.05) is 16.9 Å². The highest BCUT2D eigenvalue weighted by Gasteiger charge is 1.98. The summed E-state index contributed by atoms with van der Waals surface area (Å²) >= 11 is 0. The quantitative estimate of drug-likeness (QED) is 0.309. The maximum atomic E-state index is 4.63. The monoisotopic (exact) mass is 427 g/mol. The third-order valence-corrected chi connectivity index (χ3v) is 3.26. The first-order valence-electron chi connectivity index (χ1n) is 7.83. The average Bonchev–Trinajstić information content (AvgIpc) is 3.02. The van der Waals surface area contributed by atoms with Crippen LogP contribution in [0.25, 0.3) is 0 Å². The van der Waals surface area contributed by atoms with E-state index in [2.05, 4.69) is 58.8 Å². The highest BCUT2D eigenvalue weighted by molar-refractivity contribution is 14.0.